The van der Waals surface area contributed by atoms with E-state index in [2.05, 4.69) is 53.1 Å². The molecule has 12 heteroatoms. The van der Waals surface area contributed by atoms with Crippen LogP contribution in [0.4, 0.5) is 0 Å². The molecule has 0 aliphatic heterocycles. The minimum atomic E-state index is -0.923. The van der Waals surface area contributed by atoms with Crippen molar-refractivity contribution < 1.29 is 38.7 Å². The standard InChI is InChI=1S/C13H26N2O2.C13H17NO4.C13H19NO2.2C4H8/c1-7-11(8-15(6)9-16)12(17)14-10(2)13(3,4)5;1-2-12(13(16)17)8-14(10-15)18-9-11-6-4-3-5-7-11;1-13(2,3)11(14)12(15)16-9-10-7-5-4-6-8-10;2*1-3-4-2/h9-11H,7-8H2,1-6H3,(H,14,17);3-7,10,12H,2,8-9H2,1H3,(H,16,17);4-8,11H,9,14H2,1-3H3;2*3H,1,4H2,2H3/t10-,11-;12-;11-;;/m111../s1. The Hall–Kier alpha value is -4.81. The summed E-state index contributed by atoms with van der Waals surface area (Å²) >= 11 is 0. The van der Waals surface area contributed by atoms with Gasteiger partial charge in [0.25, 0.3) is 0 Å². The van der Waals surface area contributed by atoms with Crippen LogP contribution in [0.3, 0.4) is 0 Å². The van der Waals surface area contributed by atoms with Crippen molar-refractivity contribution >= 4 is 30.7 Å². The normalized spacial score (nSPS) is 12.4. The van der Waals surface area contributed by atoms with E-state index in [9.17, 15) is 24.0 Å². The Morgan fingerprint density at radius 1 is 0.763 bits per heavy atom. The maximum absolute atomic E-state index is 12.0. The largest absolute Gasteiger partial charge is 0.481 e. The van der Waals surface area contributed by atoms with Crippen LogP contribution in [0.2, 0.25) is 0 Å². The number of carboxylic acid groups (broad SMARTS) is 1. The van der Waals surface area contributed by atoms with Crippen LogP contribution in [0.15, 0.2) is 86.0 Å². The van der Waals surface area contributed by atoms with Crippen molar-refractivity contribution in [1.29, 1.82) is 0 Å². The third-order valence-electron chi connectivity index (χ3n) is 8.80. The van der Waals surface area contributed by atoms with Crippen LogP contribution in [-0.2, 0) is 46.8 Å². The molecule has 0 heterocycles. The molecule has 12 nitrogen and oxygen atoms in total. The van der Waals surface area contributed by atoms with E-state index in [4.69, 9.17) is 20.4 Å². The summed E-state index contributed by atoms with van der Waals surface area (Å²) in [4.78, 5) is 62.6. The van der Waals surface area contributed by atoms with Crippen molar-refractivity contribution in [2.45, 2.75) is 127 Å². The second kappa shape index (κ2) is 34.1. The van der Waals surface area contributed by atoms with Crippen LogP contribution in [-0.4, -0.2) is 78.0 Å². The van der Waals surface area contributed by atoms with E-state index < -0.39 is 17.9 Å². The summed E-state index contributed by atoms with van der Waals surface area (Å²) < 4.78 is 5.15. The first kappa shape index (κ1) is 58.5. The first-order valence-corrected chi connectivity index (χ1v) is 20.4. The van der Waals surface area contributed by atoms with Crippen molar-refractivity contribution in [3.05, 3.63) is 97.1 Å². The minimum Gasteiger partial charge on any atom is -0.481 e. The van der Waals surface area contributed by atoms with Gasteiger partial charge in [0.15, 0.2) is 0 Å². The Kier molecular flexibility index (Phi) is 33.8. The van der Waals surface area contributed by atoms with E-state index in [0.29, 0.717) is 19.4 Å². The van der Waals surface area contributed by atoms with Gasteiger partial charge in [-0.25, -0.2) is 5.06 Å². The number of hydrogen-bond acceptors (Lipinski definition) is 8. The predicted octanol–water partition coefficient (Wildman–Crippen LogP) is 8.61. The average Bonchev–Trinajstić information content (AvgIpc) is 3.22. The van der Waals surface area contributed by atoms with Gasteiger partial charge in [-0.3, -0.25) is 28.8 Å². The van der Waals surface area contributed by atoms with Crippen LogP contribution in [0.25, 0.3) is 0 Å². The Morgan fingerprint density at radius 3 is 1.54 bits per heavy atom. The molecule has 0 saturated heterocycles. The van der Waals surface area contributed by atoms with E-state index in [1.165, 1.54) is 4.90 Å². The zero-order valence-corrected chi connectivity index (χ0v) is 38.2. The number of hydroxylamine groups is 2. The molecule has 0 bridgehead atoms. The second-order valence-corrected chi connectivity index (χ2v) is 16.0. The quantitative estimate of drug-likeness (QED) is 0.0544. The van der Waals surface area contributed by atoms with Crippen molar-refractivity contribution in [1.82, 2.24) is 15.3 Å². The molecule has 59 heavy (non-hydrogen) atoms. The number of nitrogens with zero attached hydrogens (tertiary/aromatic N) is 2. The Morgan fingerprint density at radius 2 is 1.20 bits per heavy atom. The van der Waals surface area contributed by atoms with E-state index in [0.717, 1.165) is 41.9 Å². The number of amides is 3. The monoisotopic (exact) mass is 827 g/mol. The van der Waals surface area contributed by atoms with Crippen molar-refractivity contribution in [2.75, 3.05) is 20.1 Å². The molecule has 0 aliphatic carbocycles. The van der Waals surface area contributed by atoms with Gasteiger partial charge >= 0.3 is 11.9 Å². The minimum absolute atomic E-state index is 0.0311. The van der Waals surface area contributed by atoms with Gasteiger partial charge in [0, 0.05) is 19.6 Å². The fraction of sp³-hybridized carbons (Fsp3) is 0.553. The van der Waals surface area contributed by atoms with Gasteiger partial charge in [-0.05, 0) is 54.6 Å². The molecular weight excluding hydrogens is 749 g/mol. The molecule has 0 radical (unpaired) electrons. The highest BCUT2D eigenvalue weighted by atomic mass is 16.7. The number of rotatable bonds is 19. The summed E-state index contributed by atoms with van der Waals surface area (Å²) in [6.45, 7) is 29.9. The van der Waals surface area contributed by atoms with Crippen LogP contribution in [0.1, 0.15) is 113 Å². The van der Waals surface area contributed by atoms with Crippen LogP contribution < -0.4 is 11.1 Å². The van der Waals surface area contributed by atoms with E-state index >= 15 is 0 Å². The van der Waals surface area contributed by atoms with Gasteiger partial charge < -0.3 is 25.8 Å². The fourth-order valence-electron chi connectivity index (χ4n) is 3.96. The SMILES string of the molecule is C=CCC.C=CCC.CC(C)(C)[C@H](N)C(=O)OCc1ccccc1.CC[C@H](CN(C)C=O)C(=O)N[C@H](C)C(C)(C)C.CC[C@H](CN(C=O)OCc1ccccc1)C(=O)O. The Labute approximate surface area is 356 Å². The number of esters is 1. The highest BCUT2D eigenvalue weighted by Gasteiger charge is 2.29. The van der Waals surface area contributed by atoms with Crippen LogP contribution in [0, 0.1) is 22.7 Å². The molecule has 0 spiro atoms. The molecular formula is C47H78N4O8. The molecule has 0 aliphatic rings. The highest BCUT2D eigenvalue weighted by molar-refractivity contribution is 5.79. The van der Waals surface area contributed by atoms with Gasteiger partial charge in [0.2, 0.25) is 18.7 Å². The summed E-state index contributed by atoms with van der Waals surface area (Å²) in [5, 5.41) is 13.0. The van der Waals surface area contributed by atoms with Crippen molar-refractivity contribution in [3.63, 3.8) is 0 Å². The number of carboxylic acids is 1. The van der Waals surface area contributed by atoms with Crippen LogP contribution >= 0.6 is 0 Å². The number of carbonyl (C=O) groups excluding carboxylic acids is 4. The van der Waals surface area contributed by atoms with Crippen molar-refractivity contribution in [3.8, 4) is 0 Å². The first-order chi connectivity index (χ1) is 27.6. The lowest BCUT2D eigenvalue weighted by molar-refractivity contribution is -0.184. The molecule has 0 saturated carbocycles. The molecule has 0 unspecified atom stereocenters. The van der Waals surface area contributed by atoms with E-state index in [-0.39, 0.29) is 54.4 Å². The fourth-order valence-corrected chi connectivity index (χ4v) is 3.96. The lowest BCUT2D eigenvalue weighted by atomic mass is 9.87. The zero-order valence-electron chi connectivity index (χ0n) is 38.2. The number of aliphatic carboxylic acids is 1. The molecule has 4 atom stereocenters. The summed E-state index contributed by atoms with van der Waals surface area (Å²) in [7, 11) is 1.69. The second-order valence-electron chi connectivity index (χ2n) is 16.0. The number of nitrogens with two attached hydrogens (primary N) is 1. The molecule has 2 rings (SSSR count). The third-order valence-corrected chi connectivity index (χ3v) is 8.80. The van der Waals surface area contributed by atoms with Crippen molar-refractivity contribution in [2.24, 2.45) is 28.4 Å². The maximum Gasteiger partial charge on any atom is 0.323 e. The molecule has 2 aromatic carbocycles. The third kappa shape index (κ3) is 30.9. The van der Waals surface area contributed by atoms with Crippen LogP contribution in [0.5, 0.6) is 0 Å². The van der Waals surface area contributed by atoms with Gasteiger partial charge in [0.05, 0.1) is 18.4 Å². The smallest absolute Gasteiger partial charge is 0.323 e. The maximum atomic E-state index is 12.0. The van der Waals surface area contributed by atoms with Gasteiger partial charge in [-0.1, -0.05) is 142 Å². The predicted molar refractivity (Wildman–Crippen MR) is 240 cm³/mol. The van der Waals surface area contributed by atoms with Gasteiger partial charge in [0.1, 0.15) is 19.3 Å². The number of carbonyl (C=O) groups is 5. The molecule has 334 valence electrons. The van der Waals surface area contributed by atoms with E-state index in [1.54, 1.807) is 14.0 Å². The lowest BCUT2D eigenvalue weighted by Crippen LogP contribution is -2.46. The number of allylic oxidation sites excluding steroid dienone is 2. The summed E-state index contributed by atoms with van der Waals surface area (Å²) in [6, 6.07) is 18.5. The Balaban J connectivity index is -0.000000729. The van der Waals surface area contributed by atoms with E-state index in [1.807, 2.05) is 107 Å². The first-order valence-electron chi connectivity index (χ1n) is 20.4. The number of nitrogens with one attached hydrogen (secondary N) is 1. The lowest BCUT2D eigenvalue weighted by Gasteiger charge is -2.30. The summed E-state index contributed by atoms with van der Waals surface area (Å²) in [5.74, 6) is -1.98. The summed E-state index contributed by atoms with van der Waals surface area (Å²) in [6.07, 6.45) is 8.37. The number of benzene rings is 2. The molecule has 2 aromatic rings. The summed E-state index contributed by atoms with van der Waals surface area (Å²) in [5.41, 5.74) is 7.45. The molecule has 4 N–H and O–H groups in total. The van der Waals surface area contributed by atoms with Gasteiger partial charge in [-0.2, -0.15) is 0 Å². The molecule has 3 amide bonds. The topological polar surface area (TPSA) is 169 Å². The number of hydrogen-bond donors (Lipinski definition) is 3. The highest BCUT2D eigenvalue weighted by Crippen LogP contribution is 2.20. The van der Waals surface area contributed by atoms with Gasteiger partial charge in [-0.15, -0.1) is 13.2 Å². The average molecular weight is 827 g/mol. The zero-order chi connectivity index (χ0) is 46.0. The molecule has 0 fully saturated rings. The Bertz CT molecular complexity index is 1420. The number of ether oxygens (including phenoxy) is 1. The molecule has 0 aromatic heterocycles.